The van der Waals surface area contributed by atoms with E-state index in [0.717, 1.165) is 31.3 Å². The highest BCUT2D eigenvalue weighted by Gasteiger charge is 2.22. The van der Waals surface area contributed by atoms with Gasteiger partial charge >= 0.3 is 0 Å². The number of aromatic amines is 1. The van der Waals surface area contributed by atoms with E-state index in [-0.39, 0.29) is 17.5 Å². The van der Waals surface area contributed by atoms with Gasteiger partial charge in [-0.25, -0.2) is 0 Å². The SMILES string of the molecule is O=C(NC1CCN(c2ccccc2)CC1)c1cc(=O)[nH]c2ccccc12. The van der Waals surface area contributed by atoms with Crippen molar-refractivity contribution in [3.05, 3.63) is 76.6 Å². The number of carbonyl (C=O) groups is 1. The molecule has 0 atom stereocenters. The summed E-state index contributed by atoms with van der Waals surface area (Å²) in [6.07, 6.45) is 1.78. The molecule has 3 aromatic rings. The molecule has 0 radical (unpaired) electrons. The van der Waals surface area contributed by atoms with Crippen molar-refractivity contribution in [2.24, 2.45) is 0 Å². The number of amides is 1. The van der Waals surface area contributed by atoms with Gasteiger partial charge in [-0.2, -0.15) is 0 Å². The number of rotatable bonds is 3. The van der Waals surface area contributed by atoms with E-state index < -0.39 is 0 Å². The Hall–Kier alpha value is -3.08. The minimum atomic E-state index is -0.257. The van der Waals surface area contributed by atoms with Crippen molar-refractivity contribution in [3.63, 3.8) is 0 Å². The predicted molar refractivity (Wildman–Crippen MR) is 104 cm³/mol. The average Bonchev–Trinajstić information content (AvgIpc) is 2.68. The fraction of sp³-hybridized carbons (Fsp3) is 0.238. The van der Waals surface area contributed by atoms with Gasteiger partial charge in [0.15, 0.2) is 0 Å². The third-order valence-electron chi connectivity index (χ3n) is 4.95. The standard InChI is InChI=1S/C21H21N3O2/c25-20-14-18(17-8-4-5-9-19(17)23-20)21(26)22-15-10-12-24(13-11-15)16-6-2-1-3-7-16/h1-9,14-15H,10-13H2,(H,22,26)(H,23,25). The number of hydrogen-bond donors (Lipinski definition) is 2. The summed E-state index contributed by atoms with van der Waals surface area (Å²) < 4.78 is 0. The molecule has 1 fully saturated rings. The van der Waals surface area contributed by atoms with Gasteiger partial charge in [0.25, 0.3) is 5.91 Å². The maximum Gasteiger partial charge on any atom is 0.252 e. The van der Waals surface area contributed by atoms with Crippen LogP contribution in [0.3, 0.4) is 0 Å². The summed E-state index contributed by atoms with van der Waals surface area (Å²) in [4.78, 5) is 29.7. The van der Waals surface area contributed by atoms with Gasteiger partial charge in [-0.15, -0.1) is 0 Å². The third kappa shape index (κ3) is 3.33. The molecule has 1 amide bonds. The Labute approximate surface area is 151 Å². The van der Waals surface area contributed by atoms with Crippen LogP contribution in [0.1, 0.15) is 23.2 Å². The normalized spacial score (nSPS) is 15.2. The molecule has 4 rings (SSSR count). The van der Waals surface area contributed by atoms with Crippen LogP contribution < -0.4 is 15.8 Å². The molecule has 26 heavy (non-hydrogen) atoms. The number of H-pyrrole nitrogens is 1. The zero-order valence-electron chi connectivity index (χ0n) is 14.4. The Morgan fingerprint density at radius 3 is 2.46 bits per heavy atom. The van der Waals surface area contributed by atoms with E-state index in [2.05, 4.69) is 27.3 Å². The van der Waals surface area contributed by atoms with E-state index in [9.17, 15) is 9.59 Å². The number of nitrogens with zero attached hydrogens (tertiary/aromatic N) is 1. The number of carbonyl (C=O) groups excluding carboxylic acids is 1. The quantitative estimate of drug-likeness (QED) is 0.766. The third-order valence-corrected chi connectivity index (χ3v) is 4.95. The molecule has 1 aromatic heterocycles. The smallest absolute Gasteiger partial charge is 0.252 e. The van der Waals surface area contributed by atoms with Crippen LogP contribution >= 0.6 is 0 Å². The largest absolute Gasteiger partial charge is 0.371 e. The number of piperidine rings is 1. The highest BCUT2D eigenvalue weighted by atomic mass is 16.2. The Balaban J connectivity index is 1.46. The molecule has 1 aliphatic heterocycles. The number of nitrogens with one attached hydrogen (secondary N) is 2. The van der Waals surface area contributed by atoms with Crippen LogP contribution in [0.2, 0.25) is 0 Å². The summed E-state index contributed by atoms with van der Waals surface area (Å²) in [6.45, 7) is 1.82. The molecule has 132 valence electrons. The van der Waals surface area contributed by atoms with Gasteiger partial charge in [-0.3, -0.25) is 9.59 Å². The predicted octanol–water partition coefficient (Wildman–Crippen LogP) is 2.93. The second-order valence-electron chi connectivity index (χ2n) is 6.66. The summed E-state index contributed by atoms with van der Waals surface area (Å²) in [5, 5.41) is 3.88. The van der Waals surface area contributed by atoms with Gasteiger partial charge < -0.3 is 15.2 Å². The van der Waals surface area contributed by atoms with Crippen LogP contribution in [-0.2, 0) is 0 Å². The molecule has 5 nitrogen and oxygen atoms in total. The maximum atomic E-state index is 12.8. The molecule has 0 saturated carbocycles. The molecule has 5 heteroatoms. The highest BCUT2D eigenvalue weighted by Crippen LogP contribution is 2.20. The first-order chi connectivity index (χ1) is 12.7. The monoisotopic (exact) mass is 347 g/mol. The van der Waals surface area contributed by atoms with Crippen LogP contribution in [0.4, 0.5) is 5.69 Å². The summed E-state index contributed by atoms with van der Waals surface area (Å²) in [5.41, 5.74) is 2.09. The van der Waals surface area contributed by atoms with E-state index >= 15 is 0 Å². The summed E-state index contributed by atoms with van der Waals surface area (Å²) in [5.74, 6) is -0.175. The lowest BCUT2D eigenvalue weighted by Gasteiger charge is -2.34. The van der Waals surface area contributed by atoms with Crippen molar-refractivity contribution in [3.8, 4) is 0 Å². The highest BCUT2D eigenvalue weighted by molar-refractivity contribution is 6.06. The van der Waals surface area contributed by atoms with Gasteiger partial charge in [0, 0.05) is 41.8 Å². The Morgan fingerprint density at radius 2 is 1.69 bits per heavy atom. The first-order valence-corrected chi connectivity index (χ1v) is 8.93. The van der Waals surface area contributed by atoms with E-state index in [0.29, 0.717) is 11.1 Å². The van der Waals surface area contributed by atoms with E-state index in [1.807, 2.05) is 42.5 Å². The zero-order chi connectivity index (χ0) is 17.9. The average molecular weight is 347 g/mol. The topological polar surface area (TPSA) is 65.2 Å². The molecule has 1 aliphatic rings. The number of fused-ring (bicyclic) bond motifs is 1. The number of anilines is 1. The number of benzene rings is 2. The molecule has 0 aliphatic carbocycles. The molecular weight excluding hydrogens is 326 g/mol. The first kappa shape index (κ1) is 16.4. The Bertz CT molecular complexity index is 973. The first-order valence-electron chi connectivity index (χ1n) is 8.93. The zero-order valence-corrected chi connectivity index (χ0v) is 14.4. The van der Waals surface area contributed by atoms with Crippen LogP contribution in [-0.4, -0.2) is 30.0 Å². The van der Waals surface area contributed by atoms with Crippen molar-refractivity contribution in [1.82, 2.24) is 10.3 Å². The van der Waals surface area contributed by atoms with Crippen LogP contribution in [0, 0.1) is 0 Å². The van der Waals surface area contributed by atoms with E-state index in [1.54, 1.807) is 0 Å². The lowest BCUT2D eigenvalue weighted by atomic mass is 10.0. The molecule has 1 saturated heterocycles. The van der Waals surface area contributed by atoms with E-state index in [4.69, 9.17) is 0 Å². The van der Waals surface area contributed by atoms with Crippen molar-refractivity contribution >= 4 is 22.5 Å². The lowest BCUT2D eigenvalue weighted by molar-refractivity contribution is 0.0932. The van der Waals surface area contributed by atoms with Crippen LogP contribution in [0.25, 0.3) is 10.9 Å². The molecule has 2 aromatic carbocycles. The van der Waals surface area contributed by atoms with Crippen molar-refractivity contribution < 1.29 is 4.79 Å². The number of para-hydroxylation sites is 2. The molecule has 0 unspecified atom stereocenters. The summed E-state index contributed by atoms with van der Waals surface area (Å²) >= 11 is 0. The number of pyridine rings is 1. The van der Waals surface area contributed by atoms with Gasteiger partial charge in [-0.1, -0.05) is 36.4 Å². The second-order valence-corrected chi connectivity index (χ2v) is 6.66. The maximum absolute atomic E-state index is 12.8. The Kier molecular flexibility index (Phi) is 4.44. The Morgan fingerprint density at radius 1 is 1.00 bits per heavy atom. The van der Waals surface area contributed by atoms with Crippen molar-refractivity contribution in [2.75, 3.05) is 18.0 Å². The molecule has 2 N–H and O–H groups in total. The summed E-state index contributed by atoms with van der Waals surface area (Å²) in [6, 6.07) is 19.2. The fourth-order valence-electron chi connectivity index (χ4n) is 3.58. The van der Waals surface area contributed by atoms with Crippen molar-refractivity contribution in [2.45, 2.75) is 18.9 Å². The number of hydrogen-bond acceptors (Lipinski definition) is 3. The van der Waals surface area contributed by atoms with Gasteiger partial charge in [0.1, 0.15) is 0 Å². The minimum absolute atomic E-state index is 0.125. The minimum Gasteiger partial charge on any atom is -0.371 e. The molecular formula is C21H21N3O2. The molecule has 2 heterocycles. The molecule has 0 spiro atoms. The van der Waals surface area contributed by atoms with Gasteiger partial charge in [0.05, 0.1) is 5.56 Å². The van der Waals surface area contributed by atoms with Crippen LogP contribution in [0.5, 0.6) is 0 Å². The summed E-state index contributed by atoms with van der Waals surface area (Å²) in [7, 11) is 0. The van der Waals surface area contributed by atoms with Crippen LogP contribution in [0.15, 0.2) is 65.5 Å². The van der Waals surface area contributed by atoms with Crippen molar-refractivity contribution in [1.29, 1.82) is 0 Å². The molecule has 0 bridgehead atoms. The lowest BCUT2D eigenvalue weighted by Crippen LogP contribution is -2.44. The second kappa shape index (κ2) is 7.04. The van der Waals surface area contributed by atoms with E-state index in [1.165, 1.54) is 11.8 Å². The van der Waals surface area contributed by atoms with Gasteiger partial charge in [0.2, 0.25) is 5.56 Å². The van der Waals surface area contributed by atoms with Gasteiger partial charge in [-0.05, 0) is 31.0 Å². The number of aromatic nitrogens is 1. The fourth-order valence-corrected chi connectivity index (χ4v) is 3.58.